The summed E-state index contributed by atoms with van der Waals surface area (Å²) < 4.78 is 43.5. The van der Waals surface area contributed by atoms with E-state index in [0.29, 0.717) is 23.1 Å². The molecule has 1 aliphatic rings. The Morgan fingerprint density at radius 1 is 1.15 bits per heavy atom. The minimum atomic E-state index is -3.71. The number of hydrogen-bond donors (Lipinski definition) is 1. The molecule has 0 amide bonds. The molecule has 174 valence electrons. The summed E-state index contributed by atoms with van der Waals surface area (Å²) in [5.74, 6) is -0.627. The SMILES string of the molecule is CCc1ccc2c(COC(=O)c3ccc(S(=O)(=O)NC[C@H]4CCCO4)cc3)cc(=O)oc2c1. The van der Waals surface area contributed by atoms with Gasteiger partial charge in [0.25, 0.3) is 0 Å². The lowest BCUT2D eigenvalue weighted by molar-refractivity contribution is 0.0473. The molecular weight excluding hydrogens is 446 g/mol. The van der Waals surface area contributed by atoms with Crippen LogP contribution >= 0.6 is 0 Å². The number of sulfonamides is 1. The number of aryl methyl sites for hydroxylation is 1. The molecule has 0 saturated carbocycles. The highest BCUT2D eigenvalue weighted by Gasteiger charge is 2.21. The van der Waals surface area contributed by atoms with E-state index in [9.17, 15) is 18.0 Å². The van der Waals surface area contributed by atoms with Crippen LogP contribution in [0.2, 0.25) is 0 Å². The van der Waals surface area contributed by atoms with Gasteiger partial charge in [-0.1, -0.05) is 19.1 Å². The quantitative estimate of drug-likeness (QED) is 0.397. The smallest absolute Gasteiger partial charge is 0.338 e. The van der Waals surface area contributed by atoms with Crippen molar-refractivity contribution in [3.63, 3.8) is 0 Å². The third-order valence-corrected chi connectivity index (χ3v) is 7.03. The predicted molar refractivity (Wildman–Crippen MR) is 122 cm³/mol. The third-order valence-electron chi connectivity index (χ3n) is 5.59. The Hall–Kier alpha value is -3.01. The summed E-state index contributed by atoms with van der Waals surface area (Å²) >= 11 is 0. The van der Waals surface area contributed by atoms with Crippen LogP contribution in [0.25, 0.3) is 11.0 Å². The van der Waals surface area contributed by atoms with Gasteiger partial charge in [0.2, 0.25) is 10.0 Å². The van der Waals surface area contributed by atoms with E-state index in [1.807, 2.05) is 19.1 Å². The lowest BCUT2D eigenvalue weighted by Gasteiger charge is -2.12. The molecule has 1 atom stereocenters. The maximum absolute atomic E-state index is 12.5. The number of hydrogen-bond acceptors (Lipinski definition) is 7. The van der Waals surface area contributed by atoms with Gasteiger partial charge in [0.05, 0.1) is 16.6 Å². The van der Waals surface area contributed by atoms with Crippen LogP contribution in [0.1, 0.15) is 41.3 Å². The third kappa shape index (κ3) is 5.50. The highest BCUT2D eigenvalue weighted by Crippen LogP contribution is 2.21. The molecule has 2 heterocycles. The minimum Gasteiger partial charge on any atom is -0.457 e. The molecule has 0 unspecified atom stereocenters. The molecule has 1 saturated heterocycles. The largest absolute Gasteiger partial charge is 0.457 e. The second-order valence-corrected chi connectivity index (χ2v) is 9.63. The van der Waals surface area contributed by atoms with Crippen LogP contribution in [0.15, 0.2) is 62.6 Å². The lowest BCUT2D eigenvalue weighted by Crippen LogP contribution is -2.31. The molecule has 9 heteroatoms. The molecule has 0 radical (unpaired) electrons. The molecule has 8 nitrogen and oxygen atoms in total. The number of fused-ring (bicyclic) bond motifs is 1. The Kier molecular flexibility index (Phi) is 6.92. The van der Waals surface area contributed by atoms with E-state index in [-0.39, 0.29) is 29.7 Å². The maximum Gasteiger partial charge on any atom is 0.338 e. The van der Waals surface area contributed by atoms with Gasteiger partial charge in [-0.2, -0.15) is 0 Å². The number of rotatable bonds is 8. The minimum absolute atomic E-state index is 0.0513. The number of ether oxygens (including phenoxy) is 2. The van der Waals surface area contributed by atoms with Crippen molar-refractivity contribution in [2.24, 2.45) is 0 Å². The summed E-state index contributed by atoms with van der Waals surface area (Å²) in [7, 11) is -3.71. The zero-order chi connectivity index (χ0) is 23.4. The van der Waals surface area contributed by atoms with Crippen molar-refractivity contribution < 1.29 is 27.1 Å². The van der Waals surface area contributed by atoms with Gasteiger partial charge >= 0.3 is 11.6 Å². The zero-order valence-electron chi connectivity index (χ0n) is 18.2. The average Bonchev–Trinajstić information content (AvgIpc) is 3.34. The maximum atomic E-state index is 12.5. The van der Waals surface area contributed by atoms with Crippen LogP contribution in [0, 0.1) is 0 Å². The van der Waals surface area contributed by atoms with E-state index < -0.39 is 21.6 Å². The van der Waals surface area contributed by atoms with E-state index in [4.69, 9.17) is 13.9 Å². The van der Waals surface area contributed by atoms with Crippen LogP contribution in [-0.4, -0.2) is 33.6 Å². The molecule has 1 aromatic heterocycles. The second-order valence-electron chi connectivity index (χ2n) is 7.86. The van der Waals surface area contributed by atoms with Gasteiger partial charge in [-0.15, -0.1) is 0 Å². The van der Waals surface area contributed by atoms with Crippen LogP contribution < -0.4 is 10.3 Å². The Morgan fingerprint density at radius 2 is 1.94 bits per heavy atom. The van der Waals surface area contributed by atoms with Crippen molar-refractivity contribution in [1.82, 2.24) is 4.72 Å². The van der Waals surface area contributed by atoms with Crippen molar-refractivity contribution in [2.45, 2.75) is 43.8 Å². The number of esters is 1. The standard InChI is InChI=1S/C24H25NO7S/c1-2-16-5-10-21-18(13-23(26)32-22(21)12-16)15-31-24(27)17-6-8-20(9-7-17)33(28,29)25-14-19-4-3-11-30-19/h5-10,12-13,19,25H,2-4,11,14-15H2,1H3/t19-/m1/s1. The second kappa shape index (κ2) is 9.86. The molecule has 1 fully saturated rings. The summed E-state index contributed by atoms with van der Waals surface area (Å²) in [6, 6.07) is 12.4. The molecule has 3 aromatic rings. The predicted octanol–water partition coefficient (Wildman–Crippen LogP) is 3.17. The fourth-order valence-corrected chi connectivity index (χ4v) is 4.77. The van der Waals surface area contributed by atoms with Gasteiger partial charge in [0, 0.05) is 30.2 Å². The average molecular weight is 472 g/mol. The molecule has 1 N–H and O–H groups in total. The van der Waals surface area contributed by atoms with E-state index in [2.05, 4.69) is 4.72 Å². The summed E-state index contributed by atoms with van der Waals surface area (Å²) in [6.45, 7) is 2.74. The molecule has 4 rings (SSSR count). The Morgan fingerprint density at radius 3 is 2.64 bits per heavy atom. The fraction of sp³-hybridized carbons (Fsp3) is 0.333. The first kappa shape index (κ1) is 23.2. The molecule has 33 heavy (non-hydrogen) atoms. The molecular formula is C24H25NO7S. The summed E-state index contributed by atoms with van der Waals surface area (Å²) in [6.07, 6.45) is 2.44. The van der Waals surface area contributed by atoms with E-state index in [0.717, 1.165) is 24.8 Å². The molecule has 1 aliphatic heterocycles. The number of carbonyl (C=O) groups is 1. The van der Waals surface area contributed by atoms with Gasteiger partial charge in [-0.3, -0.25) is 0 Å². The summed E-state index contributed by atoms with van der Waals surface area (Å²) in [5, 5.41) is 0.693. The van der Waals surface area contributed by atoms with Crippen molar-refractivity contribution >= 4 is 27.0 Å². The topological polar surface area (TPSA) is 112 Å². The van der Waals surface area contributed by atoms with Crippen molar-refractivity contribution in [2.75, 3.05) is 13.2 Å². The monoisotopic (exact) mass is 471 g/mol. The van der Waals surface area contributed by atoms with Crippen LogP contribution in [0.3, 0.4) is 0 Å². The zero-order valence-corrected chi connectivity index (χ0v) is 19.0. The van der Waals surface area contributed by atoms with E-state index in [1.54, 1.807) is 6.07 Å². The summed E-state index contributed by atoms with van der Waals surface area (Å²) in [5.41, 5.74) is 1.69. The normalized spacial score (nSPS) is 16.2. The first-order valence-corrected chi connectivity index (χ1v) is 12.3. The van der Waals surface area contributed by atoms with Crippen molar-refractivity contribution in [3.8, 4) is 0 Å². The highest BCUT2D eigenvalue weighted by molar-refractivity contribution is 7.89. The Labute approximate surface area is 191 Å². The van der Waals surface area contributed by atoms with Gasteiger partial charge in [-0.05, 0) is 55.2 Å². The van der Waals surface area contributed by atoms with Crippen molar-refractivity contribution in [3.05, 3.63) is 75.6 Å². The highest BCUT2D eigenvalue weighted by atomic mass is 32.2. The Balaban J connectivity index is 1.42. The van der Waals surface area contributed by atoms with Gasteiger partial charge < -0.3 is 13.9 Å². The van der Waals surface area contributed by atoms with E-state index in [1.165, 1.54) is 30.3 Å². The first-order chi connectivity index (χ1) is 15.9. The molecule has 0 bridgehead atoms. The van der Waals surface area contributed by atoms with E-state index >= 15 is 0 Å². The van der Waals surface area contributed by atoms with Gasteiger partial charge in [-0.25, -0.2) is 22.7 Å². The molecule has 2 aromatic carbocycles. The number of nitrogens with one attached hydrogen (secondary N) is 1. The fourth-order valence-electron chi connectivity index (χ4n) is 3.70. The lowest BCUT2D eigenvalue weighted by atomic mass is 10.1. The first-order valence-electron chi connectivity index (χ1n) is 10.8. The number of benzene rings is 2. The molecule has 0 aliphatic carbocycles. The Bertz CT molecular complexity index is 1310. The van der Waals surface area contributed by atoms with Crippen LogP contribution in [0.4, 0.5) is 0 Å². The summed E-state index contributed by atoms with van der Waals surface area (Å²) in [4.78, 5) is 24.5. The number of carbonyl (C=O) groups excluding carboxylic acids is 1. The van der Waals surface area contributed by atoms with Crippen molar-refractivity contribution in [1.29, 1.82) is 0 Å². The van der Waals surface area contributed by atoms with Gasteiger partial charge in [0.15, 0.2) is 0 Å². The van der Waals surface area contributed by atoms with Gasteiger partial charge in [0.1, 0.15) is 12.2 Å². The van der Waals surface area contributed by atoms with Crippen LogP contribution in [-0.2, 0) is 32.5 Å². The van der Waals surface area contributed by atoms with Crippen LogP contribution in [0.5, 0.6) is 0 Å². The molecule has 0 spiro atoms.